The van der Waals surface area contributed by atoms with E-state index >= 15 is 0 Å². The van der Waals surface area contributed by atoms with E-state index in [9.17, 15) is 18.0 Å². The molecule has 0 radical (unpaired) electrons. The molecule has 1 saturated heterocycles. The minimum atomic E-state index is -4.58. The van der Waals surface area contributed by atoms with Crippen molar-refractivity contribution < 1.29 is 22.7 Å². The number of hydrogen-bond donors (Lipinski definition) is 1. The summed E-state index contributed by atoms with van der Waals surface area (Å²) in [5.74, 6) is -0.247. The predicted molar refractivity (Wildman–Crippen MR) is 101 cm³/mol. The summed E-state index contributed by atoms with van der Waals surface area (Å²) in [5.41, 5.74) is 0.808. The zero-order valence-corrected chi connectivity index (χ0v) is 15.8. The number of H-pyrrole nitrogens is 1. The van der Waals surface area contributed by atoms with E-state index in [0.717, 1.165) is 17.8 Å². The molecular formula is C20H18F3N5O2. The van der Waals surface area contributed by atoms with Crippen LogP contribution in [0, 0.1) is 0 Å². The topological polar surface area (TPSA) is 84.0 Å². The smallest absolute Gasteiger partial charge is 0.433 e. The summed E-state index contributed by atoms with van der Waals surface area (Å²) in [6, 6.07) is 11.6. The number of alkyl halides is 3. The molecular weight excluding hydrogens is 399 g/mol. The van der Waals surface area contributed by atoms with Gasteiger partial charge in [0.2, 0.25) is 0 Å². The molecule has 1 fully saturated rings. The van der Waals surface area contributed by atoms with Gasteiger partial charge in [0.1, 0.15) is 11.8 Å². The van der Waals surface area contributed by atoms with Crippen molar-refractivity contribution >= 4 is 5.91 Å². The van der Waals surface area contributed by atoms with Crippen LogP contribution in [-0.2, 0) is 6.18 Å². The zero-order valence-electron chi connectivity index (χ0n) is 15.8. The number of hydrogen-bond acceptors (Lipinski definition) is 5. The third-order valence-corrected chi connectivity index (χ3v) is 4.74. The summed E-state index contributed by atoms with van der Waals surface area (Å²) >= 11 is 0. The van der Waals surface area contributed by atoms with Crippen molar-refractivity contribution in [1.82, 2.24) is 25.1 Å². The van der Waals surface area contributed by atoms with Crippen molar-refractivity contribution in [2.75, 3.05) is 13.1 Å². The molecule has 0 spiro atoms. The van der Waals surface area contributed by atoms with Gasteiger partial charge in [0.25, 0.3) is 5.91 Å². The molecule has 0 bridgehead atoms. The van der Waals surface area contributed by atoms with E-state index in [1.54, 1.807) is 11.0 Å². The Hall–Kier alpha value is -3.43. The van der Waals surface area contributed by atoms with Gasteiger partial charge in [-0.3, -0.25) is 9.89 Å². The number of ether oxygens (including phenoxy) is 1. The van der Waals surface area contributed by atoms with Gasteiger partial charge in [-0.25, -0.2) is 4.98 Å². The highest BCUT2D eigenvalue weighted by molar-refractivity contribution is 5.93. The first-order valence-corrected chi connectivity index (χ1v) is 9.37. The molecule has 1 atom stereocenters. The van der Waals surface area contributed by atoms with Gasteiger partial charge in [-0.05, 0) is 25.0 Å². The summed E-state index contributed by atoms with van der Waals surface area (Å²) in [4.78, 5) is 21.6. The lowest BCUT2D eigenvalue weighted by atomic mass is 10.1. The second kappa shape index (κ2) is 8.13. The van der Waals surface area contributed by atoms with Gasteiger partial charge in [0.05, 0.1) is 12.2 Å². The first-order chi connectivity index (χ1) is 14.4. The molecule has 4 rings (SSSR count). The molecule has 7 nitrogen and oxygen atoms in total. The second-order valence-corrected chi connectivity index (χ2v) is 6.89. The Bertz CT molecular complexity index is 1020. The number of rotatable bonds is 4. The van der Waals surface area contributed by atoms with Crippen LogP contribution in [0.15, 0.2) is 48.7 Å². The molecule has 1 unspecified atom stereocenters. The number of likely N-dealkylation sites (tertiary alicyclic amines) is 1. The number of aromatic nitrogens is 4. The molecule has 1 N–H and O–H groups in total. The van der Waals surface area contributed by atoms with E-state index in [2.05, 4.69) is 20.2 Å². The van der Waals surface area contributed by atoms with Crippen molar-refractivity contribution in [3.8, 4) is 17.3 Å². The highest BCUT2D eigenvalue weighted by Gasteiger charge is 2.33. The van der Waals surface area contributed by atoms with Crippen LogP contribution in [0.4, 0.5) is 13.2 Å². The number of piperidine rings is 1. The van der Waals surface area contributed by atoms with Crippen LogP contribution >= 0.6 is 0 Å². The summed E-state index contributed by atoms with van der Waals surface area (Å²) in [6.45, 7) is 0.736. The lowest BCUT2D eigenvalue weighted by Gasteiger charge is -2.32. The normalized spacial score (nSPS) is 17.0. The number of halogens is 3. The lowest BCUT2D eigenvalue weighted by molar-refractivity contribution is -0.141. The Kier molecular flexibility index (Phi) is 5.39. The maximum atomic E-state index is 12.8. The average molecular weight is 417 g/mol. The summed E-state index contributed by atoms with van der Waals surface area (Å²) in [6.07, 6.45) is -2.83. The first-order valence-electron chi connectivity index (χ1n) is 9.37. The van der Waals surface area contributed by atoms with E-state index < -0.39 is 18.0 Å². The molecule has 10 heteroatoms. The van der Waals surface area contributed by atoms with Gasteiger partial charge in [-0.1, -0.05) is 30.3 Å². The third-order valence-electron chi connectivity index (χ3n) is 4.74. The molecule has 0 saturated carbocycles. The Balaban J connectivity index is 1.43. The SMILES string of the molecule is O=C(c1cc(-c2ccccc2)n[nH]1)N1CCCC(Oc2nccc(C(F)(F)F)n2)C1. The number of carbonyl (C=O) groups excluding carboxylic acids is 1. The number of aromatic amines is 1. The van der Waals surface area contributed by atoms with E-state index in [0.29, 0.717) is 30.8 Å². The average Bonchev–Trinajstić information content (AvgIpc) is 3.24. The van der Waals surface area contributed by atoms with Crippen molar-refractivity contribution in [3.63, 3.8) is 0 Å². The summed E-state index contributed by atoms with van der Waals surface area (Å²) < 4.78 is 44.0. The quantitative estimate of drug-likeness (QED) is 0.702. The highest BCUT2D eigenvalue weighted by Crippen LogP contribution is 2.28. The van der Waals surface area contributed by atoms with Crippen molar-refractivity contribution in [3.05, 3.63) is 60.0 Å². The van der Waals surface area contributed by atoms with E-state index in [4.69, 9.17) is 4.74 Å². The molecule has 30 heavy (non-hydrogen) atoms. The molecule has 3 heterocycles. The lowest BCUT2D eigenvalue weighted by Crippen LogP contribution is -2.44. The monoisotopic (exact) mass is 417 g/mol. The van der Waals surface area contributed by atoms with Gasteiger partial charge in [0.15, 0.2) is 5.69 Å². The largest absolute Gasteiger partial charge is 0.458 e. The van der Waals surface area contributed by atoms with Crippen LogP contribution in [0.1, 0.15) is 29.0 Å². The van der Waals surface area contributed by atoms with Gasteiger partial charge >= 0.3 is 12.2 Å². The Morgan fingerprint density at radius 1 is 1.20 bits per heavy atom. The van der Waals surface area contributed by atoms with E-state index in [1.165, 1.54) is 0 Å². The Morgan fingerprint density at radius 3 is 2.77 bits per heavy atom. The van der Waals surface area contributed by atoms with Crippen LogP contribution in [0.25, 0.3) is 11.3 Å². The summed E-state index contributed by atoms with van der Waals surface area (Å²) in [5, 5.41) is 6.95. The maximum absolute atomic E-state index is 12.8. The van der Waals surface area contributed by atoms with Crippen LogP contribution in [0.2, 0.25) is 0 Å². The molecule has 2 aromatic heterocycles. The molecule has 0 aliphatic carbocycles. The zero-order chi connectivity index (χ0) is 21.1. The number of nitrogens with one attached hydrogen (secondary N) is 1. The van der Waals surface area contributed by atoms with Gasteiger partial charge in [0, 0.05) is 18.3 Å². The van der Waals surface area contributed by atoms with Gasteiger partial charge < -0.3 is 9.64 Å². The third kappa shape index (κ3) is 4.42. The first kappa shape index (κ1) is 19.9. The van der Waals surface area contributed by atoms with E-state index in [-0.39, 0.29) is 18.5 Å². The van der Waals surface area contributed by atoms with Crippen LogP contribution in [-0.4, -0.2) is 50.2 Å². The molecule has 3 aromatic rings. The van der Waals surface area contributed by atoms with Gasteiger partial charge in [-0.2, -0.15) is 23.3 Å². The Morgan fingerprint density at radius 2 is 2.00 bits per heavy atom. The molecule has 1 aliphatic heterocycles. The van der Waals surface area contributed by atoms with Crippen LogP contribution in [0.3, 0.4) is 0 Å². The number of benzene rings is 1. The standard InChI is InChI=1S/C20H18F3N5O2/c21-20(22,23)17-8-9-24-19(25-17)30-14-7-4-10-28(12-14)18(29)16-11-15(26-27-16)13-5-2-1-3-6-13/h1-3,5-6,8-9,11,14H,4,7,10,12H2,(H,26,27). The molecule has 1 aromatic carbocycles. The fourth-order valence-corrected chi connectivity index (χ4v) is 3.28. The van der Waals surface area contributed by atoms with Crippen molar-refractivity contribution in [2.24, 2.45) is 0 Å². The Labute approximate surface area is 169 Å². The minimum absolute atomic E-state index is 0.220. The van der Waals surface area contributed by atoms with Crippen LogP contribution < -0.4 is 4.74 Å². The molecule has 1 aliphatic rings. The van der Waals surface area contributed by atoms with Crippen molar-refractivity contribution in [1.29, 1.82) is 0 Å². The fourth-order valence-electron chi connectivity index (χ4n) is 3.28. The van der Waals surface area contributed by atoms with Crippen molar-refractivity contribution in [2.45, 2.75) is 25.1 Å². The summed E-state index contributed by atoms with van der Waals surface area (Å²) in [7, 11) is 0. The van der Waals surface area contributed by atoms with Gasteiger partial charge in [-0.15, -0.1) is 0 Å². The van der Waals surface area contributed by atoms with Crippen LogP contribution in [0.5, 0.6) is 6.01 Å². The highest BCUT2D eigenvalue weighted by atomic mass is 19.4. The number of nitrogens with zero attached hydrogens (tertiary/aromatic N) is 4. The predicted octanol–water partition coefficient (Wildman–Crippen LogP) is 3.57. The molecule has 156 valence electrons. The number of carbonyl (C=O) groups is 1. The van der Waals surface area contributed by atoms with E-state index in [1.807, 2.05) is 30.3 Å². The minimum Gasteiger partial charge on any atom is -0.458 e. The maximum Gasteiger partial charge on any atom is 0.433 e. The number of amides is 1. The second-order valence-electron chi connectivity index (χ2n) is 6.89. The fraction of sp³-hybridized carbons (Fsp3) is 0.300. The molecule has 1 amide bonds.